The van der Waals surface area contributed by atoms with Gasteiger partial charge in [-0.05, 0) is 67.8 Å². The van der Waals surface area contributed by atoms with Gasteiger partial charge in [0, 0.05) is 49.1 Å². The van der Waals surface area contributed by atoms with E-state index in [2.05, 4.69) is 24.5 Å². The fraction of sp³-hybridized carbons (Fsp3) is 0.346. The van der Waals surface area contributed by atoms with Gasteiger partial charge in [0.15, 0.2) is 5.82 Å². The number of nitrogens with zero attached hydrogens (tertiary/aromatic N) is 5. The van der Waals surface area contributed by atoms with Gasteiger partial charge < -0.3 is 14.7 Å². The van der Waals surface area contributed by atoms with E-state index in [1.807, 2.05) is 30.0 Å². The second-order valence-electron chi connectivity index (χ2n) is 9.38. The number of fused-ring (bicyclic) bond motifs is 1. The predicted octanol–water partition coefficient (Wildman–Crippen LogP) is 4.07. The molecule has 0 bridgehead atoms. The van der Waals surface area contributed by atoms with E-state index in [1.165, 1.54) is 18.0 Å². The van der Waals surface area contributed by atoms with Crippen LogP contribution in [0.1, 0.15) is 18.9 Å². The molecule has 3 heterocycles. The molecule has 1 fully saturated rings. The van der Waals surface area contributed by atoms with E-state index in [1.54, 1.807) is 24.3 Å². The van der Waals surface area contributed by atoms with Gasteiger partial charge in [0.25, 0.3) is 10.0 Å². The number of halogens is 2. The first-order valence-corrected chi connectivity index (χ1v) is 14.6. The highest BCUT2D eigenvalue weighted by Gasteiger charge is 2.31. The van der Waals surface area contributed by atoms with Crippen LogP contribution in [0.15, 0.2) is 59.8 Å². The molecule has 2 aliphatic heterocycles. The maximum Gasteiger partial charge on any atom is 0.263 e. The third-order valence-electron chi connectivity index (χ3n) is 6.97. The highest BCUT2D eigenvalue weighted by Crippen LogP contribution is 2.31. The summed E-state index contributed by atoms with van der Waals surface area (Å²) >= 11 is 12.0. The number of piperazine rings is 1. The van der Waals surface area contributed by atoms with Gasteiger partial charge in [-0.25, -0.2) is 13.4 Å². The summed E-state index contributed by atoms with van der Waals surface area (Å²) < 4.78 is 27.8. The average Bonchev–Trinajstić information content (AvgIpc) is 2.91. The van der Waals surface area contributed by atoms with Gasteiger partial charge in [-0.1, -0.05) is 23.2 Å². The van der Waals surface area contributed by atoms with Crippen LogP contribution in [-0.4, -0.2) is 68.0 Å². The molecule has 1 saturated heterocycles. The van der Waals surface area contributed by atoms with Crippen molar-refractivity contribution in [2.45, 2.75) is 30.7 Å². The van der Waals surface area contributed by atoms with E-state index in [-0.39, 0.29) is 27.8 Å². The van der Waals surface area contributed by atoms with Crippen LogP contribution >= 0.6 is 23.2 Å². The van der Waals surface area contributed by atoms with E-state index in [0.29, 0.717) is 26.2 Å². The zero-order chi connectivity index (χ0) is 26.9. The minimum Gasteiger partial charge on any atom is -0.368 e. The summed E-state index contributed by atoms with van der Waals surface area (Å²) in [6.45, 7) is 5.33. The predicted molar refractivity (Wildman–Crippen MR) is 150 cm³/mol. The summed E-state index contributed by atoms with van der Waals surface area (Å²) in [7, 11) is -3.84. The van der Waals surface area contributed by atoms with Gasteiger partial charge in [0.05, 0.1) is 17.3 Å². The number of carbonyl (C=O) groups excluding carboxylic acids is 1. The van der Waals surface area contributed by atoms with Crippen LogP contribution in [0, 0.1) is 0 Å². The number of hydrogen-bond donors (Lipinski definition) is 1. The average molecular weight is 576 g/mol. The zero-order valence-electron chi connectivity index (χ0n) is 20.8. The molecule has 12 heteroatoms. The third-order valence-corrected chi connectivity index (χ3v) is 8.76. The highest BCUT2D eigenvalue weighted by atomic mass is 35.5. The molecule has 0 radical (unpaired) electrons. The molecular weight excluding hydrogens is 547 g/mol. The third kappa shape index (κ3) is 5.67. The summed E-state index contributed by atoms with van der Waals surface area (Å²) in [5.41, 5.74) is 3.18. The number of carbonyl (C=O) groups is 1. The Morgan fingerprint density at radius 3 is 2.45 bits per heavy atom. The largest absolute Gasteiger partial charge is 0.368 e. The lowest BCUT2D eigenvalue weighted by Gasteiger charge is -2.41. The Kier molecular flexibility index (Phi) is 7.65. The Hall–Kier alpha value is -3.08. The van der Waals surface area contributed by atoms with E-state index >= 15 is 0 Å². The molecule has 0 spiro atoms. The number of nitrogens with one attached hydrogen (secondary N) is 1. The number of aromatic nitrogens is 2. The number of sulfonamides is 1. The zero-order valence-corrected chi connectivity index (χ0v) is 23.2. The number of anilines is 3. The molecule has 1 N–H and O–H groups in total. The number of hydrogen-bond acceptors (Lipinski definition) is 7. The molecule has 0 saturated carbocycles. The summed E-state index contributed by atoms with van der Waals surface area (Å²) in [5, 5.41) is 0.816. The normalized spacial score (nSPS) is 16.7. The molecule has 2 aromatic carbocycles. The first-order chi connectivity index (χ1) is 18.2. The van der Waals surface area contributed by atoms with Crippen molar-refractivity contribution >= 4 is 56.3 Å². The molecule has 0 unspecified atom stereocenters. The Morgan fingerprint density at radius 1 is 1.00 bits per heavy atom. The fourth-order valence-corrected chi connectivity index (χ4v) is 6.33. The lowest BCUT2D eigenvalue weighted by atomic mass is 10.00. The molecule has 1 aromatic heterocycles. The molecule has 3 aromatic rings. The molecule has 1 atom stereocenters. The summed E-state index contributed by atoms with van der Waals surface area (Å²) in [6.07, 6.45) is 4.58. The molecule has 200 valence electrons. The van der Waals surface area contributed by atoms with Gasteiger partial charge in [-0.3, -0.25) is 14.5 Å². The quantitative estimate of drug-likeness (QED) is 0.473. The van der Waals surface area contributed by atoms with Crippen LogP contribution in [0.2, 0.25) is 10.2 Å². The maximum absolute atomic E-state index is 13.4. The maximum atomic E-state index is 13.4. The van der Waals surface area contributed by atoms with E-state index in [9.17, 15) is 13.2 Å². The van der Waals surface area contributed by atoms with Crippen LogP contribution < -0.4 is 14.5 Å². The van der Waals surface area contributed by atoms with Crippen molar-refractivity contribution < 1.29 is 13.2 Å². The van der Waals surface area contributed by atoms with Crippen LogP contribution in [0.4, 0.5) is 17.2 Å². The van der Waals surface area contributed by atoms with Gasteiger partial charge in [0.2, 0.25) is 5.91 Å². The van der Waals surface area contributed by atoms with Crippen LogP contribution in [0.3, 0.4) is 0 Å². The molecule has 5 rings (SSSR count). The van der Waals surface area contributed by atoms with Gasteiger partial charge in [0.1, 0.15) is 11.2 Å². The molecule has 38 heavy (non-hydrogen) atoms. The second kappa shape index (κ2) is 11.0. The van der Waals surface area contributed by atoms with Crippen LogP contribution in [0.5, 0.6) is 0 Å². The van der Waals surface area contributed by atoms with Gasteiger partial charge >= 0.3 is 0 Å². The smallest absolute Gasteiger partial charge is 0.263 e. The molecule has 2 aliphatic rings. The topological polar surface area (TPSA) is 98.7 Å². The minimum absolute atomic E-state index is 0.0495. The Labute approximate surface area is 232 Å². The van der Waals surface area contributed by atoms with E-state index in [0.717, 1.165) is 35.8 Å². The Morgan fingerprint density at radius 2 is 1.74 bits per heavy atom. The summed E-state index contributed by atoms with van der Waals surface area (Å²) in [6, 6.07) is 12.3. The van der Waals surface area contributed by atoms with Crippen molar-refractivity contribution in [3.63, 3.8) is 0 Å². The van der Waals surface area contributed by atoms with Crippen molar-refractivity contribution in [2.24, 2.45) is 0 Å². The minimum atomic E-state index is -3.84. The number of amides is 1. The molecule has 1 amide bonds. The van der Waals surface area contributed by atoms with Crippen molar-refractivity contribution in [1.29, 1.82) is 0 Å². The SMILES string of the molecule is C[C@@H](C(=O)N1CCN(c2ccc(S(=O)(=O)Nc3cncc(Cl)n3)cc2)CC1)N1CCCc2cc(Cl)ccc21. The lowest BCUT2D eigenvalue weighted by molar-refractivity contribution is -0.132. The number of aryl methyl sites for hydroxylation is 1. The van der Waals surface area contributed by atoms with Crippen molar-refractivity contribution in [1.82, 2.24) is 14.9 Å². The fourth-order valence-electron chi connectivity index (χ4n) is 5.00. The van der Waals surface area contributed by atoms with Crippen molar-refractivity contribution in [3.05, 3.63) is 70.6 Å². The van der Waals surface area contributed by atoms with Gasteiger partial charge in [-0.2, -0.15) is 0 Å². The Bertz CT molecular complexity index is 1430. The first-order valence-electron chi connectivity index (χ1n) is 12.4. The number of benzene rings is 2. The van der Waals surface area contributed by atoms with Crippen LogP contribution in [-0.2, 0) is 21.2 Å². The highest BCUT2D eigenvalue weighted by molar-refractivity contribution is 7.92. The van der Waals surface area contributed by atoms with E-state index < -0.39 is 10.0 Å². The monoisotopic (exact) mass is 574 g/mol. The van der Waals surface area contributed by atoms with E-state index in [4.69, 9.17) is 23.2 Å². The van der Waals surface area contributed by atoms with Crippen LogP contribution in [0.25, 0.3) is 0 Å². The summed E-state index contributed by atoms with van der Waals surface area (Å²) in [4.78, 5) is 27.5. The Balaban J connectivity index is 1.19. The first kappa shape index (κ1) is 26.5. The molecule has 9 nitrogen and oxygen atoms in total. The molecular formula is C26H28Cl2N6O3S. The standard InChI is InChI=1S/C26H28Cl2N6O3S/c1-18(34-10-2-3-19-15-20(27)4-9-23(19)34)26(35)33-13-11-32(12-14-33)21-5-7-22(8-6-21)38(36,37)31-25-17-29-16-24(28)30-25/h4-9,15-18H,2-3,10-14H2,1H3,(H,30,31)/t18-/m0/s1. The summed E-state index contributed by atoms with van der Waals surface area (Å²) in [5.74, 6) is 0.164. The van der Waals surface area contributed by atoms with Crippen molar-refractivity contribution in [3.8, 4) is 0 Å². The second-order valence-corrected chi connectivity index (χ2v) is 11.9. The lowest BCUT2D eigenvalue weighted by Crippen LogP contribution is -2.55. The number of rotatable bonds is 6. The van der Waals surface area contributed by atoms with Gasteiger partial charge in [-0.15, -0.1) is 0 Å². The van der Waals surface area contributed by atoms with Crippen molar-refractivity contribution in [2.75, 3.05) is 47.2 Å². The molecule has 0 aliphatic carbocycles.